The summed E-state index contributed by atoms with van der Waals surface area (Å²) in [6.07, 6.45) is 3.83. The van der Waals surface area contributed by atoms with Gasteiger partial charge in [-0.2, -0.15) is 5.26 Å². The Labute approximate surface area is 120 Å². The number of carbonyl (C=O) groups excluding carboxylic acids is 1. The van der Waals surface area contributed by atoms with Crippen molar-refractivity contribution in [2.24, 2.45) is 0 Å². The molecule has 0 aromatic heterocycles. The second kappa shape index (κ2) is 7.06. The van der Waals surface area contributed by atoms with E-state index in [0.717, 1.165) is 13.1 Å². The van der Waals surface area contributed by atoms with Gasteiger partial charge in [0.15, 0.2) is 0 Å². The van der Waals surface area contributed by atoms with E-state index in [1.165, 1.54) is 19.3 Å². The third-order valence-corrected chi connectivity index (χ3v) is 3.90. The van der Waals surface area contributed by atoms with Crippen LogP contribution < -0.4 is 5.32 Å². The predicted molar refractivity (Wildman–Crippen MR) is 78.4 cm³/mol. The third kappa shape index (κ3) is 3.82. The minimum Gasteiger partial charge on any atom is -0.351 e. The molecule has 0 spiro atoms. The molecule has 4 nitrogen and oxygen atoms in total. The van der Waals surface area contributed by atoms with Gasteiger partial charge in [0.25, 0.3) is 5.91 Å². The van der Waals surface area contributed by atoms with Crippen LogP contribution in [-0.2, 0) is 0 Å². The number of benzene rings is 1. The maximum atomic E-state index is 12.0. The number of amides is 1. The van der Waals surface area contributed by atoms with Gasteiger partial charge in [0.1, 0.15) is 0 Å². The predicted octanol–water partition coefficient (Wildman–Crippen LogP) is 2.16. The van der Waals surface area contributed by atoms with Crippen molar-refractivity contribution >= 4 is 5.91 Å². The molecule has 2 rings (SSSR count). The van der Waals surface area contributed by atoms with E-state index in [0.29, 0.717) is 23.7 Å². The second-order valence-electron chi connectivity index (χ2n) is 5.33. The van der Waals surface area contributed by atoms with E-state index in [-0.39, 0.29) is 5.91 Å². The number of nitriles is 1. The van der Waals surface area contributed by atoms with Crippen molar-refractivity contribution in [1.29, 1.82) is 5.26 Å². The van der Waals surface area contributed by atoms with E-state index < -0.39 is 0 Å². The summed E-state index contributed by atoms with van der Waals surface area (Å²) in [4.78, 5) is 14.4. The molecule has 0 aliphatic carbocycles. The first-order valence-corrected chi connectivity index (χ1v) is 7.23. The highest BCUT2D eigenvalue weighted by atomic mass is 16.1. The van der Waals surface area contributed by atoms with Gasteiger partial charge >= 0.3 is 0 Å². The summed E-state index contributed by atoms with van der Waals surface area (Å²) in [7, 11) is 0. The van der Waals surface area contributed by atoms with Crippen LogP contribution in [0.15, 0.2) is 24.3 Å². The molecule has 1 aliphatic rings. The van der Waals surface area contributed by atoms with Gasteiger partial charge in [-0.3, -0.25) is 9.69 Å². The summed E-state index contributed by atoms with van der Waals surface area (Å²) in [6, 6.07) is 9.39. The van der Waals surface area contributed by atoms with Gasteiger partial charge < -0.3 is 5.32 Å². The fraction of sp³-hybridized carbons (Fsp3) is 0.500. The van der Waals surface area contributed by atoms with E-state index in [9.17, 15) is 4.79 Å². The summed E-state index contributed by atoms with van der Waals surface area (Å²) in [5.41, 5.74) is 1.18. The van der Waals surface area contributed by atoms with Crippen LogP contribution in [0.1, 0.15) is 42.1 Å². The molecule has 0 radical (unpaired) electrons. The van der Waals surface area contributed by atoms with Crippen molar-refractivity contribution in [2.75, 3.05) is 19.6 Å². The van der Waals surface area contributed by atoms with Crippen LogP contribution in [0.5, 0.6) is 0 Å². The van der Waals surface area contributed by atoms with Gasteiger partial charge in [-0.05, 0) is 50.6 Å². The Morgan fingerprint density at radius 2 is 2.15 bits per heavy atom. The summed E-state index contributed by atoms with van der Waals surface area (Å²) < 4.78 is 0. The van der Waals surface area contributed by atoms with Gasteiger partial charge in [-0.1, -0.05) is 6.42 Å². The third-order valence-electron chi connectivity index (χ3n) is 3.90. The molecular weight excluding hydrogens is 250 g/mol. The highest BCUT2D eigenvalue weighted by molar-refractivity contribution is 5.94. The Morgan fingerprint density at radius 3 is 2.80 bits per heavy atom. The molecule has 1 atom stereocenters. The molecule has 1 heterocycles. The quantitative estimate of drug-likeness (QED) is 0.913. The largest absolute Gasteiger partial charge is 0.351 e. The molecule has 106 valence electrons. The standard InChI is InChI=1S/C16H21N3O/c1-13-4-2-3-10-19(13)11-9-18-16(20)15-7-5-14(12-17)6-8-15/h5-8,13H,2-4,9-11H2,1H3,(H,18,20)/t13-/m0/s1. The molecule has 1 aromatic carbocycles. The van der Waals surface area contributed by atoms with Gasteiger partial charge in [0.2, 0.25) is 0 Å². The maximum absolute atomic E-state index is 12.0. The van der Waals surface area contributed by atoms with Crippen molar-refractivity contribution in [1.82, 2.24) is 10.2 Å². The number of rotatable bonds is 4. The van der Waals surface area contributed by atoms with Gasteiger partial charge in [-0.25, -0.2) is 0 Å². The Balaban J connectivity index is 1.78. The van der Waals surface area contributed by atoms with Crippen molar-refractivity contribution in [3.05, 3.63) is 35.4 Å². The summed E-state index contributed by atoms with van der Waals surface area (Å²) in [5, 5.41) is 11.7. The lowest BCUT2D eigenvalue weighted by molar-refractivity contribution is 0.0938. The number of nitrogens with one attached hydrogen (secondary N) is 1. The molecule has 1 aromatic rings. The average Bonchev–Trinajstić information content (AvgIpc) is 2.49. The Hall–Kier alpha value is -1.86. The highest BCUT2D eigenvalue weighted by Gasteiger charge is 2.17. The van der Waals surface area contributed by atoms with E-state index in [2.05, 4.69) is 17.1 Å². The minimum absolute atomic E-state index is 0.0702. The number of hydrogen-bond acceptors (Lipinski definition) is 3. The number of piperidine rings is 1. The fourth-order valence-corrected chi connectivity index (χ4v) is 2.60. The number of carbonyl (C=O) groups is 1. The molecule has 1 fully saturated rings. The lowest BCUT2D eigenvalue weighted by atomic mass is 10.0. The SMILES string of the molecule is C[C@H]1CCCCN1CCNC(=O)c1ccc(C#N)cc1. The lowest BCUT2D eigenvalue weighted by Gasteiger charge is -2.33. The van der Waals surface area contributed by atoms with E-state index >= 15 is 0 Å². The first-order chi connectivity index (χ1) is 9.70. The topological polar surface area (TPSA) is 56.1 Å². The zero-order valence-electron chi connectivity index (χ0n) is 11.9. The first-order valence-electron chi connectivity index (χ1n) is 7.23. The smallest absolute Gasteiger partial charge is 0.251 e. The Kier molecular flexibility index (Phi) is 5.14. The Bertz CT molecular complexity index is 489. The molecular formula is C16H21N3O. The monoisotopic (exact) mass is 271 g/mol. The fourth-order valence-electron chi connectivity index (χ4n) is 2.60. The van der Waals surface area contributed by atoms with Crippen LogP contribution >= 0.6 is 0 Å². The zero-order chi connectivity index (χ0) is 14.4. The summed E-state index contributed by atoms with van der Waals surface area (Å²) >= 11 is 0. The summed E-state index contributed by atoms with van der Waals surface area (Å²) in [6.45, 7) is 4.96. The molecule has 1 amide bonds. The molecule has 0 saturated carbocycles. The van der Waals surface area contributed by atoms with Crippen LogP contribution in [0.25, 0.3) is 0 Å². The summed E-state index contributed by atoms with van der Waals surface area (Å²) in [5.74, 6) is -0.0702. The molecule has 0 unspecified atom stereocenters. The van der Waals surface area contributed by atoms with Crippen LogP contribution in [-0.4, -0.2) is 36.5 Å². The number of nitrogens with zero attached hydrogens (tertiary/aromatic N) is 2. The van der Waals surface area contributed by atoms with Crippen LogP contribution in [0.2, 0.25) is 0 Å². The van der Waals surface area contributed by atoms with Crippen LogP contribution in [0.4, 0.5) is 0 Å². The zero-order valence-corrected chi connectivity index (χ0v) is 11.9. The van der Waals surface area contributed by atoms with E-state index in [1.54, 1.807) is 24.3 Å². The first kappa shape index (κ1) is 14.5. The maximum Gasteiger partial charge on any atom is 0.251 e. The minimum atomic E-state index is -0.0702. The van der Waals surface area contributed by atoms with Gasteiger partial charge in [0, 0.05) is 24.7 Å². The van der Waals surface area contributed by atoms with Gasteiger partial charge in [-0.15, -0.1) is 0 Å². The normalized spacial score (nSPS) is 19.3. The lowest BCUT2D eigenvalue weighted by Crippen LogP contribution is -2.42. The molecule has 20 heavy (non-hydrogen) atoms. The van der Waals surface area contributed by atoms with Crippen molar-refractivity contribution in [2.45, 2.75) is 32.2 Å². The van der Waals surface area contributed by atoms with E-state index in [4.69, 9.17) is 5.26 Å². The van der Waals surface area contributed by atoms with E-state index in [1.807, 2.05) is 6.07 Å². The molecule has 1 saturated heterocycles. The van der Waals surface area contributed by atoms with Crippen molar-refractivity contribution < 1.29 is 4.79 Å². The number of likely N-dealkylation sites (tertiary alicyclic amines) is 1. The molecule has 1 aliphatic heterocycles. The highest BCUT2D eigenvalue weighted by Crippen LogP contribution is 2.15. The second-order valence-corrected chi connectivity index (χ2v) is 5.33. The number of hydrogen-bond donors (Lipinski definition) is 1. The Morgan fingerprint density at radius 1 is 1.40 bits per heavy atom. The molecule has 4 heteroatoms. The van der Waals surface area contributed by atoms with Crippen molar-refractivity contribution in [3.63, 3.8) is 0 Å². The van der Waals surface area contributed by atoms with Crippen LogP contribution in [0, 0.1) is 11.3 Å². The van der Waals surface area contributed by atoms with Crippen molar-refractivity contribution in [3.8, 4) is 6.07 Å². The molecule has 1 N–H and O–H groups in total. The van der Waals surface area contributed by atoms with Gasteiger partial charge in [0.05, 0.1) is 11.6 Å². The average molecular weight is 271 g/mol. The van der Waals surface area contributed by atoms with Crippen LogP contribution in [0.3, 0.4) is 0 Å². The molecule has 0 bridgehead atoms.